The van der Waals surface area contributed by atoms with Crippen molar-refractivity contribution >= 4 is 40.9 Å². The molecule has 2 amide bonds. The molecule has 0 fully saturated rings. The molecule has 0 unspecified atom stereocenters. The van der Waals surface area contributed by atoms with E-state index >= 15 is 0 Å². The highest BCUT2D eigenvalue weighted by atomic mass is 35.5. The molecule has 1 aromatic heterocycles. The smallest absolute Gasteiger partial charge is 0.324 e. The molecule has 0 spiro atoms. The van der Waals surface area contributed by atoms with Crippen LogP contribution in [-0.2, 0) is 12.2 Å². The quantitative estimate of drug-likeness (QED) is 0.731. The number of amides is 2. The second-order valence-electron chi connectivity index (χ2n) is 5.64. The monoisotopic (exact) mass is 406 g/mol. The van der Waals surface area contributed by atoms with Crippen LogP contribution < -0.4 is 15.4 Å². The summed E-state index contributed by atoms with van der Waals surface area (Å²) in [6, 6.07) is 4.64. The summed E-state index contributed by atoms with van der Waals surface area (Å²) in [5.41, 5.74) is 0.565. The maximum absolute atomic E-state index is 12.1. The Balaban J connectivity index is 1.44. The minimum absolute atomic E-state index is 0.380. The Kier molecular flexibility index (Phi) is 6.41. The summed E-state index contributed by atoms with van der Waals surface area (Å²) in [5.74, 6) is 3.32. The summed E-state index contributed by atoms with van der Waals surface area (Å²) < 4.78 is 10.7. The maximum Gasteiger partial charge on any atom is 0.324 e. The van der Waals surface area contributed by atoms with Crippen LogP contribution >= 0.6 is 23.4 Å². The topological polar surface area (TPSA) is 88.8 Å². The largest absolute Gasteiger partial charge is 0.495 e. The van der Waals surface area contributed by atoms with Crippen LogP contribution in [-0.4, -0.2) is 24.0 Å². The Morgan fingerprint density at radius 2 is 2.26 bits per heavy atom. The molecule has 2 N–H and O–H groups in total. The minimum Gasteiger partial charge on any atom is -0.495 e. The highest BCUT2D eigenvalue weighted by Crippen LogP contribution is 2.28. The van der Waals surface area contributed by atoms with Gasteiger partial charge in [-0.25, -0.2) is 14.8 Å². The number of nitrogens with zero attached hydrogens (tertiary/aromatic N) is 2. The van der Waals surface area contributed by atoms with Crippen molar-refractivity contribution in [3.63, 3.8) is 0 Å². The Bertz CT molecular complexity index is 894. The number of hydrogen-bond donors (Lipinski definition) is 2. The number of amidine groups is 1. The molecule has 0 saturated heterocycles. The van der Waals surface area contributed by atoms with E-state index in [1.807, 2.05) is 6.92 Å². The predicted octanol–water partition coefficient (Wildman–Crippen LogP) is 4.60. The average Bonchev–Trinajstić information content (AvgIpc) is 3.29. The van der Waals surface area contributed by atoms with E-state index in [2.05, 4.69) is 20.6 Å². The van der Waals surface area contributed by atoms with Gasteiger partial charge in [0.25, 0.3) is 0 Å². The number of hydrogen-bond acceptors (Lipinski definition) is 6. The number of methoxy groups -OCH3 is 1. The first-order chi connectivity index (χ1) is 13.1. The van der Waals surface area contributed by atoms with E-state index in [1.54, 1.807) is 42.4 Å². The van der Waals surface area contributed by atoms with E-state index in [4.69, 9.17) is 20.8 Å². The van der Waals surface area contributed by atoms with Crippen LogP contribution in [0.1, 0.15) is 25.0 Å². The number of aromatic nitrogens is 1. The number of carbonyl (C=O) groups is 1. The molecule has 2 aromatic rings. The molecular formula is C18H19ClN4O3S. The van der Waals surface area contributed by atoms with Crippen LogP contribution in [0.3, 0.4) is 0 Å². The van der Waals surface area contributed by atoms with Crippen LogP contribution in [0, 0.1) is 0 Å². The average molecular weight is 407 g/mol. The number of rotatable bonds is 6. The Hall–Kier alpha value is -2.45. The Morgan fingerprint density at radius 3 is 2.96 bits per heavy atom. The zero-order valence-electron chi connectivity index (χ0n) is 14.9. The van der Waals surface area contributed by atoms with E-state index in [0.29, 0.717) is 40.4 Å². The summed E-state index contributed by atoms with van der Waals surface area (Å²) in [5, 5.41) is 5.88. The summed E-state index contributed by atoms with van der Waals surface area (Å²) in [6.45, 7) is 2.02. The Morgan fingerprint density at radius 1 is 1.41 bits per heavy atom. The normalized spacial score (nSPS) is 13.1. The van der Waals surface area contributed by atoms with Crippen LogP contribution in [0.15, 0.2) is 44.9 Å². The summed E-state index contributed by atoms with van der Waals surface area (Å²) in [7, 11) is 1.53. The van der Waals surface area contributed by atoms with Crippen molar-refractivity contribution in [2.24, 2.45) is 4.99 Å². The first kappa shape index (κ1) is 19.3. The minimum atomic E-state index is -0.380. The van der Waals surface area contributed by atoms with Gasteiger partial charge in [-0.2, -0.15) is 0 Å². The molecule has 0 atom stereocenters. The first-order valence-electron chi connectivity index (χ1n) is 8.31. The highest BCUT2D eigenvalue weighted by molar-refractivity contribution is 8.02. The molecule has 1 aliphatic heterocycles. The number of anilines is 1. The number of oxazole rings is 1. The number of ether oxygens (including phenoxy) is 1. The molecule has 0 aliphatic carbocycles. The zero-order chi connectivity index (χ0) is 19.2. The summed E-state index contributed by atoms with van der Waals surface area (Å²) in [6.07, 6.45) is 4.88. The highest BCUT2D eigenvalue weighted by Gasteiger charge is 2.15. The molecule has 0 saturated carbocycles. The van der Waals surface area contributed by atoms with Gasteiger partial charge >= 0.3 is 6.03 Å². The number of halogens is 1. The lowest BCUT2D eigenvalue weighted by atomic mass is 10.3. The Labute approximate surface area is 166 Å². The number of aliphatic imine (C=N–C) groups is 1. The first-order valence-corrected chi connectivity index (χ1v) is 9.67. The summed E-state index contributed by atoms with van der Waals surface area (Å²) >= 11 is 7.64. The van der Waals surface area contributed by atoms with Gasteiger partial charge in [0.2, 0.25) is 5.89 Å². The van der Waals surface area contributed by atoms with Gasteiger partial charge in [0.05, 0.1) is 24.1 Å². The third-order valence-electron chi connectivity index (χ3n) is 3.70. The van der Waals surface area contributed by atoms with Crippen molar-refractivity contribution < 1.29 is 13.9 Å². The van der Waals surface area contributed by atoms with Crippen LogP contribution in [0.25, 0.3) is 0 Å². The van der Waals surface area contributed by atoms with Crippen molar-refractivity contribution in [1.29, 1.82) is 0 Å². The molecule has 142 valence electrons. The fourth-order valence-electron chi connectivity index (χ4n) is 2.34. The lowest BCUT2D eigenvalue weighted by molar-refractivity contribution is 0.256. The van der Waals surface area contributed by atoms with Crippen molar-refractivity contribution in [1.82, 2.24) is 10.3 Å². The number of nitrogens with one attached hydrogen (secondary N) is 2. The number of benzene rings is 1. The van der Waals surface area contributed by atoms with E-state index in [-0.39, 0.29) is 6.03 Å². The second kappa shape index (κ2) is 8.96. The van der Waals surface area contributed by atoms with Crippen molar-refractivity contribution in [3.05, 3.63) is 52.2 Å². The molecule has 9 heteroatoms. The fourth-order valence-corrected chi connectivity index (χ4v) is 3.41. The molecule has 0 radical (unpaired) electrons. The molecule has 7 nitrogen and oxygen atoms in total. The predicted molar refractivity (Wildman–Crippen MR) is 107 cm³/mol. The molecule has 27 heavy (non-hydrogen) atoms. The van der Waals surface area contributed by atoms with E-state index in [9.17, 15) is 4.79 Å². The zero-order valence-corrected chi connectivity index (χ0v) is 16.5. The van der Waals surface area contributed by atoms with Crippen LogP contribution in [0.4, 0.5) is 10.5 Å². The van der Waals surface area contributed by atoms with Crippen LogP contribution in [0.5, 0.6) is 5.75 Å². The molecular weight excluding hydrogens is 388 g/mol. The van der Waals surface area contributed by atoms with Gasteiger partial charge in [-0.1, -0.05) is 18.5 Å². The lowest BCUT2D eigenvalue weighted by Crippen LogP contribution is -2.33. The third kappa shape index (κ3) is 5.27. The van der Waals surface area contributed by atoms with E-state index in [0.717, 1.165) is 17.1 Å². The van der Waals surface area contributed by atoms with Gasteiger partial charge in [-0.15, -0.1) is 11.8 Å². The molecule has 3 rings (SSSR count). The third-order valence-corrected chi connectivity index (χ3v) is 5.01. The molecule has 0 bridgehead atoms. The van der Waals surface area contributed by atoms with Crippen LogP contribution in [0.2, 0.25) is 5.02 Å². The molecule has 1 aliphatic rings. The van der Waals surface area contributed by atoms with Gasteiger partial charge in [0, 0.05) is 29.6 Å². The summed E-state index contributed by atoms with van der Waals surface area (Å²) in [4.78, 5) is 21.6. The number of urea groups is 1. The van der Waals surface area contributed by atoms with Gasteiger partial charge in [-0.05, 0) is 18.2 Å². The molecule has 2 heterocycles. The van der Waals surface area contributed by atoms with E-state index < -0.39 is 0 Å². The van der Waals surface area contributed by atoms with Crippen molar-refractivity contribution in [2.45, 2.75) is 25.5 Å². The van der Waals surface area contributed by atoms with Gasteiger partial charge in [-0.3, -0.25) is 5.32 Å². The number of carbonyl (C=O) groups excluding carboxylic acids is 1. The SMILES string of the molecule is CCc1cnc(CSC2=CN=C(NC(=O)Nc3ccc(OC)c(Cl)c3)C2)o1. The standard InChI is InChI=1S/C18H19ClN4O3S/c1-3-12-8-21-17(26-12)10-27-13-7-16(20-9-13)23-18(24)22-11-4-5-15(25-2)14(19)6-11/h4-6,8-9H,3,7,10H2,1-2H3,(H2,20,22,23,24). The van der Waals surface area contributed by atoms with Gasteiger partial charge in [0.1, 0.15) is 17.3 Å². The number of aryl methyl sites for hydroxylation is 1. The van der Waals surface area contributed by atoms with Gasteiger partial charge < -0.3 is 14.5 Å². The second-order valence-corrected chi connectivity index (χ2v) is 7.15. The molecule has 1 aromatic carbocycles. The maximum atomic E-state index is 12.1. The lowest BCUT2D eigenvalue weighted by Gasteiger charge is -2.09. The van der Waals surface area contributed by atoms with Crippen molar-refractivity contribution in [3.8, 4) is 5.75 Å². The van der Waals surface area contributed by atoms with Crippen molar-refractivity contribution in [2.75, 3.05) is 12.4 Å². The fraction of sp³-hybridized carbons (Fsp3) is 0.278. The van der Waals surface area contributed by atoms with Gasteiger partial charge in [0.15, 0.2) is 0 Å². The number of thioether (sulfide) groups is 1. The van der Waals surface area contributed by atoms with E-state index in [1.165, 1.54) is 7.11 Å².